The van der Waals surface area contributed by atoms with Crippen LogP contribution in [-0.2, 0) is 4.79 Å². The fourth-order valence-electron chi connectivity index (χ4n) is 1.23. The maximum Gasteiger partial charge on any atom is 0.271 e. The van der Waals surface area contributed by atoms with Gasteiger partial charge in [-0.05, 0) is 19.1 Å². The molecule has 3 N–H and O–H groups in total. The Hall–Kier alpha value is -2.18. The summed E-state index contributed by atoms with van der Waals surface area (Å²) in [6.45, 7) is 2.85. The lowest BCUT2D eigenvalue weighted by Crippen LogP contribution is -2.24. The van der Waals surface area contributed by atoms with Crippen molar-refractivity contribution >= 4 is 17.6 Å². The molecule has 0 saturated carbocycles. The highest BCUT2D eigenvalue weighted by atomic mass is 16.2. The van der Waals surface area contributed by atoms with Gasteiger partial charge >= 0.3 is 0 Å². The molecule has 98 valence electrons. The van der Waals surface area contributed by atoms with Crippen molar-refractivity contribution in [2.24, 2.45) is 0 Å². The number of nitrogens with zero attached hydrogens (tertiary/aromatic N) is 2. The topological polar surface area (TPSA) is 96.0 Å². The number of aromatic nitrogens is 2. The average molecular weight is 251 g/mol. The van der Waals surface area contributed by atoms with Crippen LogP contribution in [0.2, 0.25) is 0 Å². The minimum Gasteiger partial charge on any atom is -0.368 e. The van der Waals surface area contributed by atoms with Crippen molar-refractivity contribution in [3.05, 3.63) is 17.8 Å². The summed E-state index contributed by atoms with van der Waals surface area (Å²) >= 11 is 0. The number of nitrogens with one attached hydrogen (secondary N) is 3. The van der Waals surface area contributed by atoms with Gasteiger partial charge in [0.05, 0.1) is 0 Å². The molecule has 2 amide bonds. The molecule has 0 bridgehead atoms. The van der Waals surface area contributed by atoms with Gasteiger partial charge in [0.15, 0.2) is 5.69 Å². The van der Waals surface area contributed by atoms with E-state index in [9.17, 15) is 9.59 Å². The molecule has 0 aliphatic rings. The van der Waals surface area contributed by atoms with E-state index in [2.05, 4.69) is 26.1 Å². The van der Waals surface area contributed by atoms with E-state index in [4.69, 9.17) is 0 Å². The summed E-state index contributed by atoms with van der Waals surface area (Å²) < 4.78 is 0. The minimum absolute atomic E-state index is 0.0468. The summed E-state index contributed by atoms with van der Waals surface area (Å²) in [5.74, 6) is 0.239. The monoisotopic (exact) mass is 251 g/mol. The van der Waals surface area contributed by atoms with Crippen LogP contribution < -0.4 is 16.0 Å². The third-order valence-electron chi connectivity index (χ3n) is 2.17. The fraction of sp³-hybridized carbons (Fsp3) is 0.455. The quantitative estimate of drug-likeness (QED) is 0.649. The van der Waals surface area contributed by atoms with E-state index in [1.807, 2.05) is 6.92 Å². The number of carbonyl (C=O) groups is 2. The molecule has 1 heterocycles. The molecule has 7 nitrogen and oxygen atoms in total. The van der Waals surface area contributed by atoms with Gasteiger partial charge in [0, 0.05) is 26.6 Å². The van der Waals surface area contributed by atoms with E-state index in [0.717, 1.165) is 0 Å². The van der Waals surface area contributed by atoms with E-state index < -0.39 is 0 Å². The minimum atomic E-state index is -0.248. The van der Waals surface area contributed by atoms with Gasteiger partial charge < -0.3 is 16.0 Å². The third-order valence-corrected chi connectivity index (χ3v) is 2.17. The highest BCUT2D eigenvalue weighted by Gasteiger charge is 2.06. The van der Waals surface area contributed by atoms with Crippen LogP contribution in [0.4, 0.5) is 5.82 Å². The molecule has 7 heteroatoms. The normalized spacial score (nSPS) is 9.67. The average Bonchev–Trinajstić information content (AvgIpc) is 2.39. The van der Waals surface area contributed by atoms with Crippen molar-refractivity contribution in [1.29, 1.82) is 0 Å². The first-order chi connectivity index (χ1) is 8.67. The first-order valence-corrected chi connectivity index (χ1v) is 5.73. The fourth-order valence-corrected chi connectivity index (χ4v) is 1.23. The van der Waals surface area contributed by atoms with E-state index in [1.165, 1.54) is 0 Å². The van der Waals surface area contributed by atoms with Gasteiger partial charge in [-0.15, -0.1) is 10.2 Å². The molecule has 0 saturated heterocycles. The van der Waals surface area contributed by atoms with Crippen molar-refractivity contribution < 1.29 is 9.59 Å². The molecule has 0 aliphatic heterocycles. The molecule has 1 aromatic rings. The van der Waals surface area contributed by atoms with Gasteiger partial charge in [-0.3, -0.25) is 9.59 Å². The SMILES string of the molecule is CCNC(=O)c1ccc(NCCC(=O)NC)nn1. The molecule has 0 atom stereocenters. The largest absolute Gasteiger partial charge is 0.368 e. The second-order valence-corrected chi connectivity index (χ2v) is 3.51. The molecule has 1 aromatic heterocycles. The van der Waals surface area contributed by atoms with E-state index in [1.54, 1.807) is 19.2 Å². The molecular formula is C11H17N5O2. The Kier molecular flexibility index (Phi) is 5.56. The number of anilines is 1. The van der Waals surface area contributed by atoms with E-state index >= 15 is 0 Å². The number of rotatable bonds is 6. The Morgan fingerprint density at radius 1 is 1.28 bits per heavy atom. The van der Waals surface area contributed by atoms with Crippen LogP contribution in [0.1, 0.15) is 23.8 Å². The molecule has 1 rings (SSSR count). The summed E-state index contributed by atoms with van der Waals surface area (Å²) in [5.41, 5.74) is 0.272. The van der Waals surface area contributed by atoms with Gasteiger partial charge in [0.2, 0.25) is 5.91 Å². The molecule has 0 aromatic carbocycles. The lowest BCUT2D eigenvalue weighted by Gasteiger charge is -2.05. The lowest BCUT2D eigenvalue weighted by atomic mass is 10.3. The van der Waals surface area contributed by atoms with Crippen LogP contribution in [0.15, 0.2) is 12.1 Å². The highest BCUT2D eigenvalue weighted by molar-refractivity contribution is 5.92. The first kappa shape index (κ1) is 13.9. The number of carbonyl (C=O) groups excluding carboxylic acids is 2. The number of amides is 2. The van der Waals surface area contributed by atoms with Crippen LogP contribution in [0.25, 0.3) is 0 Å². The van der Waals surface area contributed by atoms with Crippen molar-refractivity contribution in [2.45, 2.75) is 13.3 Å². The van der Waals surface area contributed by atoms with Crippen molar-refractivity contribution in [2.75, 3.05) is 25.5 Å². The zero-order chi connectivity index (χ0) is 13.4. The zero-order valence-corrected chi connectivity index (χ0v) is 10.5. The summed E-state index contributed by atoms with van der Waals surface area (Å²) in [7, 11) is 1.59. The van der Waals surface area contributed by atoms with Crippen molar-refractivity contribution in [3.8, 4) is 0 Å². The summed E-state index contributed by atoms with van der Waals surface area (Å²) in [6.07, 6.45) is 0.357. The third kappa shape index (κ3) is 4.36. The van der Waals surface area contributed by atoms with Crippen LogP contribution in [0.3, 0.4) is 0 Å². The van der Waals surface area contributed by atoms with Gasteiger partial charge in [0.1, 0.15) is 5.82 Å². The molecular weight excluding hydrogens is 234 g/mol. The maximum absolute atomic E-state index is 11.4. The lowest BCUT2D eigenvalue weighted by molar-refractivity contribution is -0.120. The van der Waals surface area contributed by atoms with Gasteiger partial charge in [0.25, 0.3) is 5.91 Å². The highest BCUT2D eigenvalue weighted by Crippen LogP contribution is 2.01. The molecule has 0 aliphatic carbocycles. The van der Waals surface area contributed by atoms with Gasteiger partial charge in [-0.25, -0.2) is 0 Å². The van der Waals surface area contributed by atoms with Gasteiger partial charge in [-0.1, -0.05) is 0 Å². The van der Waals surface area contributed by atoms with Crippen molar-refractivity contribution in [3.63, 3.8) is 0 Å². The Labute approximate surface area is 105 Å². The zero-order valence-electron chi connectivity index (χ0n) is 10.5. The second-order valence-electron chi connectivity index (χ2n) is 3.51. The number of hydrogen-bond donors (Lipinski definition) is 3. The predicted octanol–water partition coefficient (Wildman–Crippen LogP) is -0.226. The Bertz CT molecular complexity index is 404. The van der Waals surface area contributed by atoms with Gasteiger partial charge in [-0.2, -0.15) is 0 Å². The molecule has 0 spiro atoms. The van der Waals surface area contributed by atoms with Crippen LogP contribution in [0, 0.1) is 0 Å². The maximum atomic E-state index is 11.4. The molecule has 0 unspecified atom stereocenters. The first-order valence-electron chi connectivity index (χ1n) is 5.73. The molecule has 0 radical (unpaired) electrons. The molecule has 18 heavy (non-hydrogen) atoms. The van der Waals surface area contributed by atoms with Crippen LogP contribution >= 0.6 is 0 Å². The van der Waals surface area contributed by atoms with Crippen molar-refractivity contribution in [1.82, 2.24) is 20.8 Å². The smallest absolute Gasteiger partial charge is 0.271 e. The Morgan fingerprint density at radius 2 is 2.06 bits per heavy atom. The van der Waals surface area contributed by atoms with E-state index in [0.29, 0.717) is 25.3 Å². The van der Waals surface area contributed by atoms with Crippen LogP contribution in [-0.4, -0.2) is 42.1 Å². The molecule has 0 fully saturated rings. The summed E-state index contributed by atoms with van der Waals surface area (Å²) in [4.78, 5) is 22.4. The Balaban J connectivity index is 2.45. The second kappa shape index (κ2) is 7.21. The van der Waals surface area contributed by atoms with Crippen LogP contribution in [0.5, 0.6) is 0 Å². The summed E-state index contributed by atoms with van der Waals surface area (Å²) in [6, 6.07) is 3.24. The Morgan fingerprint density at radius 3 is 2.61 bits per heavy atom. The standard InChI is InChI=1S/C11H17N5O2/c1-3-13-11(18)8-4-5-9(16-15-8)14-7-6-10(17)12-2/h4-5H,3,6-7H2,1-2H3,(H,12,17)(H,13,18)(H,14,16). The summed E-state index contributed by atoms with van der Waals surface area (Å²) in [5, 5.41) is 15.7. The van der Waals surface area contributed by atoms with E-state index in [-0.39, 0.29) is 17.5 Å². The predicted molar refractivity (Wildman–Crippen MR) is 67.2 cm³/mol. The number of hydrogen-bond acceptors (Lipinski definition) is 5.